The number of hydrogen-bond acceptors (Lipinski definition) is 6. The van der Waals surface area contributed by atoms with E-state index in [1.54, 1.807) is 61.9 Å². The van der Waals surface area contributed by atoms with Crippen LogP contribution in [0.15, 0.2) is 77.9 Å². The number of methoxy groups -OCH3 is 1. The van der Waals surface area contributed by atoms with Gasteiger partial charge in [0.25, 0.3) is 5.56 Å². The molecule has 2 aromatic heterocycles. The van der Waals surface area contributed by atoms with Crippen molar-refractivity contribution >= 4 is 71.5 Å². The average molecular weight is 646 g/mol. The molecule has 0 fully saturated rings. The van der Waals surface area contributed by atoms with Gasteiger partial charge in [0, 0.05) is 20.4 Å². The minimum atomic E-state index is -0.336. The number of benzene rings is 3. The zero-order valence-corrected chi connectivity index (χ0v) is 23.9. The van der Waals surface area contributed by atoms with E-state index in [0.29, 0.717) is 53.3 Å². The van der Waals surface area contributed by atoms with Gasteiger partial charge in [-0.05, 0) is 88.2 Å². The van der Waals surface area contributed by atoms with Gasteiger partial charge in [0.05, 0.1) is 34.8 Å². The molecule has 2 heterocycles. The lowest BCUT2D eigenvalue weighted by atomic mass is 10.2. The third-order valence-electron chi connectivity index (χ3n) is 5.49. The van der Waals surface area contributed by atoms with Gasteiger partial charge in [0.1, 0.15) is 5.58 Å². The van der Waals surface area contributed by atoms with Crippen molar-refractivity contribution in [3.63, 3.8) is 0 Å². The maximum absolute atomic E-state index is 13.5. The molecule has 0 unspecified atom stereocenters. The first-order valence-corrected chi connectivity index (χ1v) is 13.2. The number of ether oxygens (including phenoxy) is 2. The predicted molar refractivity (Wildman–Crippen MR) is 153 cm³/mol. The molecular formula is C27H20Br2ClN3O4. The number of hydrogen-bond donors (Lipinski definition) is 0. The Morgan fingerprint density at radius 2 is 1.89 bits per heavy atom. The molecule has 5 rings (SSSR count). The van der Waals surface area contributed by atoms with Crippen molar-refractivity contribution in [1.29, 1.82) is 0 Å². The van der Waals surface area contributed by atoms with Crippen molar-refractivity contribution in [3.05, 3.63) is 84.5 Å². The largest absolute Gasteiger partial charge is 0.493 e. The van der Waals surface area contributed by atoms with Crippen LogP contribution in [0, 0.1) is 0 Å². The first-order chi connectivity index (χ1) is 17.8. The number of fused-ring (bicyclic) bond motifs is 2. The van der Waals surface area contributed by atoms with Crippen molar-refractivity contribution in [1.82, 2.24) is 9.66 Å². The van der Waals surface area contributed by atoms with E-state index in [2.05, 4.69) is 37.0 Å². The molecule has 3 aromatic carbocycles. The molecule has 7 nitrogen and oxygen atoms in total. The van der Waals surface area contributed by atoms with Crippen LogP contribution in [0.3, 0.4) is 0 Å². The highest BCUT2D eigenvalue weighted by molar-refractivity contribution is 9.13. The number of rotatable bonds is 6. The number of halogens is 3. The van der Waals surface area contributed by atoms with Gasteiger partial charge in [-0.2, -0.15) is 9.78 Å². The van der Waals surface area contributed by atoms with Crippen LogP contribution in [0.25, 0.3) is 33.5 Å². The summed E-state index contributed by atoms with van der Waals surface area (Å²) in [6.45, 7) is 3.86. The van der Waals surface area contributed by atoms with E-state index in [1.165, 1.54) is 4.68 Å². The van der Waals surface area contributed by atoms with E-state index in [4.69, 9.17) is 30.5 Å². The molecule has 10 heteroatoms. The van der Waals surface area contributed by atoms with E-state index in [1.807, 2.05) is 19.9 Å². The average Bonchev–Trinajstić information content (AvgIpc) is 3.30. The summed E-state index contributed by atoms with van der Waals surface area (Å²) in [6, 6.07) is 16.0. The van der Waals surface area contributed by atoms with Crippen molar-refractivity contribution < 1.29 is 13.9 Å². The Morgan fingerprint density at radius 3 is 2.65 bits per heavy atom. The second-order valence-corrected chi connectivity index (χ2v) is 10.4. The molecule has 0 spiro atoms. The second kappa shape index (κ2) is 10.3. The molecule has 5 aromatic rings. The molecule has 0 aliphatic rings. The van der Waals surface area contributed by atoms with Gasteiger partial charge in [-0.1, -0.05) is 23.7 Å². The molecule has 37 heavy (non-hydrogen) atoms. The number of para-hydroxylation sites is 1. The van der Waals surface area contributed by atoms with Gasteiger partial charge in [-0.3, -0.25) is 4.79 Å². The van der Waals surface area contributed by atoms with Gasteiger partial charge in [0.15, 0.2) is 17.3 Å². The normalized spacial score (nSPS) is 11.8. The molecule has 0 radical (unpaired) electrons. The van der Waals surface area contributed by atoms with Crippen LogP contribution in [-0.2, 0) is 0 Å². The van der Waals surface area contributed by atoms with Crippen molar-refractivity contribution in [3.8, 4) is 23.1 Å². The van der Waals surface area contributed by atoms with E-state index < -0.39 is 0 Å². The highest BCUT2D eigenvalue weighted by Crippen LogP contribution is 2.42. The molecule has 188 valence electrons. The molecule has 0 saturated heterocycles. The van der Waals surface area contributed by atoms with Crippen LogP contribution in [0.4, 0.5) is 0 Å². The van der Waals surface area contributed by atoms with E-state index in [9.17, 15) is 4.79 Å². The van der Waals surface area contributed by atoms with Gasteiger partial charge in [0.2, 0.25) is 5.82 Å². The molecule has 0 saturated carbocycles. The monoisotopic (exact) mass is 643 g/mol. The van der Waals surface area contributed by atoms with Crippen LogP contribution in [0.5, 0.6) is 11.5 Å². The summed E-state index contributed by atoms with van der Waals surface area (Å²) in [6.07, 6.45) is 1.50. The fourth-order valence-corrected chi connectivity index (χ4v) is 4.93. The molecule has 0 N–H and O–H groups in total. The minimum Gasteiger partial charge on any atom is -0.493 e. The standard InChI is InChI=1S/C27H20Br2ClN3O4/c1-14(2)36-25-21(35-3)12-16(23(28)24(25)29)13-31-33-26(32-19-7-5-4-6-18(19)27(33)34)22-11-15-10-17(30)8-9-20(15)37-22/h4-14H,1-3H3. The Labute approximate surface area is 233 Å². The Balaban J connectivity index is 1.69. The van der Waals surface area contributed by atoms with E-state index in [0.717, 1.165) is 5.39 Å². The van der Waals surface area contributed by atoms with Crippen molar-refractivity contribution in [2.75, 3.05) is 7.11 Å². The maximum Gasteiger partial charge on any atom is 0.282 e. The minimum absolute atomic E-state index is 0.0554. The quantitative estimate of drug-likeness (QED) is 0.177. The first kappa shape index (κ1) is 25.5. The first-order valence-electron chi connectivity index (χ1n) is 11.2. The van der Waals surface area contributed by atoms with Crippen LogP contribution in [0.1, 0.15) is 19.4 Å². The summed E-state index contributed by atoms with van der Waals surface area (Å²) in [5.74, 6) is 1.72. The summed E-state index contributed by atoms with van der Waals surface area (Å²) in [4.78, 5) is 18.3. The second-order valence-electron chi connectivity index (χ2n) is 8.40. The third-order valence-corrected chi connectivity index (χ3v) is 7.87. The fourth-order valence-electron chi connectivity index (χ4n) is 3.83. The smallest absolute Gasteiger partial charge is 0.282 e. The van der Waals surface area contributed by atoms with Gasteiger partial charge >= 0.3 is 0 Å². The lowest BCUT2D eigenvalue weighted by Crippen LogP contribution is -2.20. The van der Waals surface area contributed by atoms with E-state index >= 15 is 0 Å². The zero-order chi connectivity index (χ0) is 26.3. The summed E-state index contributed by atoms with van der Waals surface area (Å²) >= 11 is 13.3. The lowest BCUT2D eigenvalue weighted by Gasteiger charge is -2.17. The highest BCUT2D eigenvalue weighted by atomic mass is 79.9. The Bertz CT molecular complexity index is 1740. The Hall–Kier alpha value is -3.14. The highest BCUT2D eigenvalue weighted by Gasteiger charge is 2.19. The fraction of sp³-hybridized carbons (Fsp3) is 0.148. The molecule has 0 amide bonds. The molecule has 0 aliphatic carbocycles. The van der Waals surface area contributed by atoms with Crippen molar-refractivity contribution in [2.24, 2.45) is 5.10 Å². The van der Waals surface area contributed by atoms with Gasteiger partial charge in [-0.15, -0.1) is 0 Å². The van der Waals surface area contributed by atoms with Crippen LogP contribution in [0.2, 0.25) is 5.02 Å². The summed E-state index contributed by atoms with van der Waals surface area (Å²) in [5, 5.41) is 6.34. The molecule has 0 bridgehead atoms. The summed E-state index contributed by atoms with van der Waals surface area (Å²) in [7, 11) is 1.56. The van der Waals surface area contributed by atoms with Crippen LogP contribution in [-0.4, -0.2) is 29.1 Å². The Morgan fingerprint density at radius 1 is 1.11 bits per heavy atom. The van der Waals surface area contributed by atoms with Gasteiger partial charge < -0.3 is 13.9 Å². The number of aromatic nitrogens is 2. The third kappa shape index (κ3) is 4.91. The molecule has 0 aliphatic heterocycles. The number of furan rings is 1. The zero-order valence-electron chi connectivity index (χ0n) is 20.0. The van der Waals surface area contributed by atoms with Gasteiger partial charge in [-0.25, -0.2) is 4.98 Å². The Kier molecular flexibility index (Phi) is 7.11. The lowest BCUT2D eigenvalue weighted by molar-refractivity contribution is 0.228. The predicted octanol–water partition coefficient (Wildman–Crippen LogP) is 7.67. The number of nitrogens with zero attached hydrogens (tertiary/aromatic N) is 3. The van der Waals surface area contributed by atoms with Crippen molar-refractivity contribution in [2.45, 2.75) is 20.0 Å². The van der Waals surface area contributed by atoms with Crippen LogP contribution >= 0.6 is 43.5 Å². The summed E-state index contributed by atoms with van der Waals surface area (Å²) in [5.41, 5.74) is 1.47. The molecular weight excluding hydrogens is 626 g/mol. The summed E-state index contributed by atoms with van der Waals surface area (Å²) < 4.78 is 20.1. The SMILES string of the molecule is COc1cc(C=Nn2c(-c3cc4cc(Cl)ccc4o3)nc3ccccc3c2=O)c(Br)c(Br)c1OC(C)C. The van der Waals surface area contributed by atoms with E-state index in [-0.39, 0.29) is 17.5 Å². The maximum atomic E-state index is 13.5. The van der Waals surface area contributed by atoms with Crippen LogP contribution < -0.4 is 15.0 Å². The topological polar surface area (TPSA) is 78.9 Å². The molecule has 0 atom stereocenters.